The number of thiophene rings is 1. The molecule has 5 heterocycles. The molecule has 0 amide bonds. The summed E-state index contributed by atoms with van der Waals surface area (Å²) in [5.41, 5.74) is 7.59. The summed E-state index contributed by atoms with van der Waals surface area (Å²) < 4.78 is 11.2. The molecule has 192 valence electrons. The predicted octanol–water partition coefficient (Wildman–Crippen LogP) is 5.91. The van der Waals surface area contributed by atoms with E-state index in [1.165, 1.54) is 11.1 Å². The maximum atomic E-state index is 11.0. The summed E-state index contributed by atoms with van der Waals surface area (Å²) in [7, 11) is 1.92. The van der Waals surface area contributed by atoms with E-state index in [0.717, 1.165) is 69.2 Å². The van der Waals surface area contributed by atoms with Crippen LogP contribution in [0.2, 0.25) is 0 Å². The second-order valence-corrected chi connectivity index (χ2v) is 11.7. The van der Waals surface area contributed by atoms with Crippen molar-refractivity contribution in [3.63, 3.8) is 0 Å². The van der Waals surface area contributed by atoms with Gasteiger partial charge in [-0.1, -0.05) is 35.5 Å². The molecule has 1 unspecified atom stereocenters. The minimum absolute atomic E-state index is 0.121. The Balaban J connectivity index is 1.70. The van der Waals surface area contributed by atoms with Crippen LogP contribution in [0, 0.1) is 19.8 Å². The highest BCUT2D eigenvalue weighted by Gasteiger charge is 2.33. The molecule has 7 nitrogen and oxygen atoms in total. The van der Waals surface area contributed by atoms with Crippen LogP contribution in [0.3, 0.4) is 0 Å². The number of aromatic nitrogens is 5. The molecule has 1 atom stereocenters. The molecule has 0 bridgehead atoms. The average molecular weight is 516 g/mol. The third-order valence-electron chi connectivity index (χ3n) is 7.65. The number of rotatable bonds is 5. The van der Waals surface area contributed by atoms with Crippen LogP contribution < -0.4 is 0 Å². The van der Waals surface area contributed by atoms with Crippen LogP contribution in [0.1, 0.15) is 54.4 Å². The van der Waals surface area contributed by atoms with E-state index < -0.39 is 5.60 Å². The summed E-state index contributed by atoms with van der Waals surface area (Å²) in [4.78, 5) is 6.03. The molecule has 1 aliphatic rings. The van der Waals surface area contributed by atoms with Gasteiger partial charge in [0.05, 0.1) is 38.8 Å². The van der Waals surface area contributed by atoms with E-state index in [9.17, 15) is 5.11 Å². The van der Waals surface area contributed by atoms with Crippen molar-refractivity contribution in [2.45, 2.75) is 52.2 Å². The first-order valence-corrected chi connectivity index (χ1v) is 13.7. The monoisotopic (exact) mass is 515 g/mol. The van der Waals surface area contributed by atoms with Crippen LogP contribution >= 0.6 is 11.3 Å². The van der Waals surface area contributed by atoms with Gasteiger partial charge in [-0.25, -0.2) is 4.68 Å². The van der Waals surface area contributed by atoms with E-state index in [0.29, 0.717) is 5.92 Å². The van der Waals surface area contributed by atoms with Crippen molar-refractivity contribution in [2.24, 2.45) is 13.0 Å². The minimum Gasteiger partial charge on any atom is -0.385 e. The summed E-state index contributed by atoms with van der Waals surface area (Å²) in [6, 6.07) is 13.2. The van der Waals surface area contributed by atoms with Crippen LogP contribution in [0.4, 0.5) is 0 Å². The number of fused-ring (bicyclic) bond motifs is 3. The van der Waals surface area contributed by atoms with Crippen LogP contribution in [-0.4, -0.2) is 42.9 Å². The predicted molar refractivity (Wildman–Crippen MR) is 148 cm³/mol. The number of nitrogens with zero attached hydrogens (tertiary/aromatic N) is 5. The number of ether oxygens (including phenoxy) is 1. The molecule has 1 fully saturated rings. The standard InChI is InChI=1S/C29H33N5O2S/c1-17-24-27(37-28(17)29(3,4)35)23-22(15-21(16-30-23)25-18(2)31-32-33(25)5)34(24)26(19-9-7-6-8-10-19)20-11-13-36-14-12-20/h6-10,15-16,20,26,35H,11-14H2,1-5H3. The van der Waals surface area contributed by atoms with Gasteiger partial charge in [-0.15, -0.1) is 16.4 Å². The van der Waals surface area contributed by atoms with Crippen molar-refractivity contribution >= 4 is 32.6 Å². The minimum atomic E-state index is -0.927. The Morgan fingerprint density at radius 2 is 1.86 bits per heavy atom. The van der Waals surface area contributed by atoms with Crippen molar-refractivity contribution in [1.82, 2.24) is 24.5 Å². The maximum Gasteiger partial charge on any atom is 0.106 e. The van der Waals surface area contributed by atoms with Gasteiger partial charge in [0.15, 0.2) is 0 Å². The zero-order valence-electron chi connectivity index (χ0n) is 22.0. The Labute approximate surface area is 220 Å². The first-order chi connectivity index (χ1) is 17.8. The van der Waals surface area contributed by atoms with E-state index in [4.69, 9.17) is 9.72 Å². The number of pyridine rings is 1. The molecule has 8 heteroatoms. The Morgan fingerprint density at radius 3 is 2.51 bits per heavy atom. The zero-order chi connectivity index (χ0) is 25.9. The fourth-order valence-electron chi connectivity index (χ4n) is 6.06. The molecular formula is C29H33N5O2S. The second kappa shape index (κ2) is 9.04. The lowest BCUT2D eigenvalue weighted by Gasteiger charge is -2.33. The summed E-state index contributed by atoms with van der Waals surface area (Å²) in [6.45, 7) is 9.42. The summed E-state index contributed by atoms with van der Waals surface area (Å²) >= 11 is 1.66. The highest BCUT2D eigenvalue weighted by atomic mass is 32.1. The Bertz CT molecular complexity index is 1570. The second-order valence-electron chi connectivity index (χ2n) is 10.7. The van der Waals surface area contributed by atoms with Gasteiger partial charge >= 0.3 is 0 Å². The van der Waals surface area contributed by atoms with Gasteiger partial charge in [-0.05, 0) is 63.6 Å². The number of benzene rings is 1. The molecule has 0 saturated carbocycles. The smallest absolute Gasteiger partial charge is 0.106 e. The van der Waals surface area contributed by atoms with E-state index in [-0.39, 0.29) is 6.04 Å². The Hall–Kier alpha value is -3.07. The number of aliphatic hydroxyl groups is 1. The van der Waals surface area contributed by atoms with Gasteiger partial charge in [0.1, 0.15) is 5.52 Å². The molecule has 6 rings (SSSR count). The molecular weight excluding hydrogens is 482 g/mol. The third-order valence-corrected chi connectivity index (χ3v) is 9.25. The van der Waals surface area contributed by atoms with Crippen LogP contribution in [0.15, 0.2) is 42.6 Å². The molecule has 0 spiro atoms. The average Bonchev–Trinajstić information content (AvgIpc) is 3.51. The maximum absolute atomic E-state index is 11.0. The first kappa shape index (κ1) is 24.3. The molecule has 0 radical (unpaired) electrons. The van der Waals surface area contributed by atoms with Crippen molar-refractivity contribution < 1.29 is 9.84 Å². The number of hydrogen-bond acceptors (Lipinski definition) is 6. The molecule has 5 aromatic rings. The highest BCUT2D eigenvalue weighted by molar-refractivity contribution is 7.20. The molecule has 1 aromatic carbocycles. The SMILES string of the molecule is Cc1nnn(C)c1-c1cnc2c3sc(C(C)(C)O)c(C)c3n(C(c3ccccc3)C3CCOCC3)c2c1. The molecule has 1 N–H and O–H groups in total. The van der Waals surface area contributed by atoms with Crippen LogP contribution in [0.25, 0.3) is 32.5 Å². The van der Waals surface area contributed by atoms with Crippen LogP contribution in [-0.2, 0) is 17.4 Å². The Kier molecular flexibility index (Phi) is 5.93. The van der Waals surface area contributed by atoms with E-state index >= 15 is 0 Å². The molecule has 4 aromatic heterocycles. The van der Waals surface area contributed by atoms with Gasteiger partial charge in [0.2, 0.25) is 0 Å². The van der Waals surface area contributed by atoms with E-state index in [1.807, 2.05) is 38.7 Å². The van der Waals surface area contributed by atoms with E-state index in [1.54, 1.807) is 11.3 Å². The number of aryl methyl sites for hydroxylation is 3. The molecule has 37 heavy (non-hydrogen) atoms. The first-order valence-electron chi connectivity index (χ1n) is 12.9. The van der Waals surface area contributed by atoms with Gasteiger partial charge in [0.25, 0.3) is 0 Å². The third kappa shape index (κ3) is 3.98. The van der Waals surface area contributed by atoms with Crippen molar-refractivity contribution in [3.8, 4) is 11.3 Å². The lowest BCUT2D eigenvalue weighted by molar-refractivity contribution is 0.0552. The highest BCUT2D eigenvalue weighted by Crippen LogP contribution is 2.47. The lowest BCUT2D eigenvalue weighted by atomic mass is 9.86. The van der Waals surface area contributed by atoms with Gasteiger partial charge < -0.3 is 14.4 Å². The zero-order valence-corrected chi connectivity index (χ0v) is 22.8. The fourth-order valence-corrected chi connectivity index (χ4v) is 7.37. The van der Waals surface area contributed by atoms with Gasteiger partial charge in [-0.2, -0.15) is 0 Å². The molecule has 1 aliphatic heterocycles. The van der Waals surface area contributed by atoms with Crippen molar-refractivity contribution in [1.29, 1.82) is 0 Å². The largest absolute Gasteiger partial charge is 0.385 e. The van der Waals surface area contributed by atoms with Crippen molar-refractivity contribution in [3.05, 3.63) is 64.3 Å². The molecule has 1 saturated heterocycles. The number of hydrogen-bond donors (Lipinski definition) is 1. The normalized spacial score (nSPS) is 16.2. The van der Waals surface area contributed by atoms with Crippen molar-refractivity contribution in [2.75, 3.05) is 13.2 Å². The van der Waals surface area contributed by atoms with Gasteiger partial charge in [-0.3, -0.25) is 4.98 Å². The van der Waals surface area contributed by atoms with Gasteiger partial charge in [0, 0.05) is 36.9 Å². The lowest BCUT2D eigenvalue weighted by Crippen LogP contribution is -2.27. The topological polar surface area (TPSA) is 78.0 Å². The summed E-state index contributed by atoms with van der Waals surface area (Å²) in [5, 5.41) is 19.5. The van der Waals surface area contributed by atoms with Crippen LogP contribution in [0.5, 0.6) is 0 Å². The Morgan fingerprint density at radius 1 is 1.14 bits per heavy atom. The van der Waals surface area contributed by atoms with E-state index in [2.05, 4.69) is 58.2 Å². The summed E-state index contributed by atoms with van der Waals surface area (Å²) in [5.74, 6) is 0.420. The molecule has 0 aliphatic carbocycles. The quantitative estimate of drug-likeness (QED) is 0.315. The summed E-state index contributed by atoms with van der Waals surface area (Å²) in [6.07, 6.45) is 3.93. The fraction of sp³-hybridized carbons (Fsp3) is 0.414.